The van der Waals surface area contributed by atoms with Crippen LogP contribution in [0, 0.1) is 0 Å². The van der Waals surface area contributed by atoms with Gasteiger partial charge in [0.05, 0.1) is 5.69 Å². The van der Waals surface area contributed by atoms with Crippen LogP contribution >= 0.6 is 0 Å². The van der Waals surface area contributed by atoms with E-state index in [-0.39, 0.29) is 5.91 Å². The van der Waals surface area contributed by atoms with Gasteiger partial charge < -0.3 is 16.0 Å². The first-order chi connectivity index (χ1) is 8.79. The van der Waals surface area contributed by atoms with Gasteiger partial charge in [0, 0.05) is 31.4 Å². The number of nitrogens with two attached hydrogens (primary N) is 1. The van der Waals surface area contributed by atoms with Gasteiger partial charge in [-0.1, -0.05) is 0 Å². The minimum atomic E-state index is -0.0497. The molecular weight excluding hydrogens is 228 g/mol. The molecule has 0 unspecified atom stereocenters. The van der Waals surface area contributed by atoms with Crippen LogP contribution in [0.1, 0.15) is 28.9 Å². The molecule has 0 radical (unpaired) electrons. The topological polar surface area (TPSA) is 71.2 Å². The Morgan fingerprint density at radius 3 is 2.94 bits per heavy atom. The van der Waals surface area contributed by atoms with Gasteiger partial charge >= 0.3 is 0 Å². The minimum Gasteiger partial charge on any atom is -0.351 e. The van der Waals surface area contributed by atoms with Crippen LogP contribution in [0.3, 0.4) is 0 Å². The molecule has 0 spiro atoms. The molecule has 0 aromatic carbocycles. The summed E-state index contributed by atoms with van der Waals surface area (Å²) in [5.74, 6) is -0.0497. The van der Waals surface area contributed by atoms with Gasteiger partial charge in [0.15, 0.2) is 0 Å². The van der Waals surface area contributed by atoms with Gasteiger partial charge in [0.25, 0.3) is 5.91 Å². The molecule has 1 aliphatic heterocycles. The number of pyridine rings is 1. The quantitative estimate of drug-likeness (QED) is 0.789. The Balaban J connectivity index is 1.79. The highest BCUT2D eigenvalue weighted by Gasteiger charge is 2.11. The summed E-state index contributed by atoms with van der Waals surface area (Å²) in [6.45, 7) is 4.29. The Morgan fingerprint density at radius 2 is 2.22 bits per heavy atom. The van der Waals surface area contributed by atoms with Crippen LogP contribution in [0.15, 0.2) is 18.3 Å². The molecule has 5 heteroatoms. The van der Waals surface area contributed by atoms with Gasteiger partial charge in [-0.25, -0.2) is 0 Å². The van der Waals surface area contributed by atoms with Crippen molar-refractivity contribution in [3.05, 3.63) is 29.6 Å². The highest BCUT2D eigenvalue weighted by atomic mass is 16.1. The van der Waals surface area contributed by atoms with Crippen molar-refractivity contribution in [2.24, 2.45) is 5.73 Å². The smallest absolute Gasteiger partial charge is 0.251 e. The molecule has 1 fully saturated rings. The lowest BCUT2D eigenvalue weighted by Gasteiger charge is -2.14. The van der Waals surface area contributed by atoms with Crippen LogP contribution < -0.4 is 11.1 Å². The molecular formula is C13H20N4O. The zero-order chi connectivity index (χ0) is 12.8. The predicted octanol–water partition coefficient (Wildman–Crippen LogP) is 0.366. The maximum Gasteiger partial charge on any atom is 0.251 e. The monoisotopic (exact) mass is 248 g/mol. The lowest BCUT2D eigenvalue weighted by molar-refractivity contribution is 0.0949. The summed E-state index contributed by atoms with van der Waals surface area (Å²) in [6.07, 6.45) is 4.17. The Bertz CT molecular complexity index is 402. The van der Waals surface area contributed by atoms with E-state index in [1.165, 1.54) is 12.8 Å². The molecule has 1 aromatic heterocycles. The second-order valence-electron chi connectivity index (χ2n) is 4.54. The maximum atomic E-state index is 11.9. The van der Waals surface area contributed by atoms with Crippen LogP contribution in [-0.2, 0) is 6.54 Å². The molecule has 2 rings (SSSR count). The Kier molecular flexibility index (Phi) is 4.66. The molecule has 18 heavy (non-hydrogen) atoms. The third-order valence-corrected chi connectivity index (χ3v) is 3.20. The van der Waals surface area contributed by atoms with Crippen LogP contribution in [0.2, 0.25) is 0 Å². The molecule has 2 heterocycles. The van der Waals surface area contributed by atoms with Gasteiger partial charge in [-0.15, -0.1) is 0 Å². The third kappa shape index (κ3) is 3.51. The fourth-order valence-electron chi connectivity index (χ4n) is 2.17. The van der Waals surface area contributed by atoms with Crippen molar-refractivity contribution in [3.63, 3.8) is 0 Å². The van der Waals surface area contributed by atoms with Crippen LogP contribution in [-0.4, -0.2) is 42.0 Å². The Morgan fingerprint density at radius 1 is 1.44 bits per heavy atom. The lowest BCUT2D eigenvalue weighted by Crippen LogP contribution is -2.33. The van der Waals surface area contributed by atoms with Gasteiger partial charge in [-0.3, -0.25) is 9.78 Å². The van der Waals surface area contributed by atoms with E-state index >= 15 is 0 Å². The number of amides is 1. The fourth-order valence-corrected chi connectivity index (χ4v) is 2.17. The van der Waals surface area contributed by atoms with Crippen molar-refractivity contribution >= 4 is 5.91 Å². The summed E-state index contributed by atoms with van der Waals surface area (Å²) < 4.78 is 0. The van der Waals surface area contributed by atoms with Crippen LogP contribution in [0.5, 0.6) is 0 Å². The highest BCUT2D eigenvalue weighted by Crippen LogP contribution is 2.06. The summed E-state index contributed by atoms with van der Waals surface area (Å²) in [5, 5.41) is 2.93. The van der Waals surface area contributed by atoms with E-state index in [1.54, 1.807) is 18.3 Å². The minimum absolute atomic E-state index is 0.0497. The van der Waals surface area contributed by atoms with E-state index in [4.69, 9.17) is 5.73 Å². The van der Waals surface area contributed by atoms with Crippen molar-refractivity contribution in [1.29, 1.82) is 0 Å². The maximum absolute atomic E-state index is 11.9. The van der Waals surface area contributed by atoms with Crippen molar-refractivity contribution in [2.45, 2.75) is 19.4 Å². The molecule has 0 aliphatic carbocycles. The number of aromatic nitrogens is 1. The van der Waals surface area contributed by atoms with Crippen LogP contribution in [0.25, 0.3) is 0 Å². The standard InChI is InChI=1S/C13H20N4O/c14-10-12-9-11(3-4-15-12)13(18)16-5-8-17-6-1-2-7-17/h3-4,9H,1-2,5-8,10,14H2,(H,16,18). The summed E-state index contributed by atoms with van der Waals surface area (Å²) in [5.41, 5.74) is 6.87. The summed E-state index contributed by atoms with van der Waals surface area (Å²) in [6, 6.07) is 3.45. The second-order valence-corrected chi connectivity index (χ2v) is 4.54. The van der Waals surface area contributed by atoms with Crippen molar-refractivity contribution in [3.8, 4) is 0 Å². The first-order valence-corrected chi connectivity index (χ1v) is 6.45. The molecule has 1 amide bonds. The summed E-state index contributed by atoms with van der Waals surface area (Å²) in [4.78, 5) is 18.3. The number of carbonyl (C=O) groups excluding carboxylic acids is 1. The van der Waals surface area contributed by atoms with Gasteiger partial charge in [-0.2, -0.15) is 0 Å². The molecule has 5 nitrogen and oxygen atoms in total. The van der Waals surface area contributed by atoms with Crippen LogP contribution in [0.4, 0.5) is 0 Å². The molecule has 1 aromatic rings. The van der Waals surface area contributed by atoms with Gasteiger partial charge in [0.2, 0.25) is 0 Å². The van der Waals surface area contributed by atoms with Gasteiger partial charge in [-0.05, 0) is 38.1 Å². The number of nitrogens with one attached hydrogen (secondary N) is 1. The Hall–Kier alpha value is -1.46. The molecule has 0 saturated carbocycles. The molecule has 1 saturated heterocycles. The van der Waals surface area contributed by atoms with E-state index in [9.17, 15) is 4.79 Å². The van der Waals surface area contributed by atoms with Crippen molar-refractivity contribution in [2.75, 3.05) is 26.2 Å². The number of carbonyl (C=O) groups is 1. The Labute approximate surface area is 107 Å². The largest absolute Gasteiger partial charge is 0.351 e. The number of hydrogen-bond donors (Lipinski definition) is 2. The van der Waals surface area contributed by atoms with E-state index in [2.05, 4.69) is 15.2 Å². The number of likely N-dealkylation sites (tertiary alicyclic amines) is 1. The molecule has 3 N–H and O–H groups in total. The average Bonchev–Trinajstić information content (AvgIpc) is 2.92. The molecule has 98 valence electrons. The molecule has 0 atom stereocenters. The number of hydrogen-bond acceptors (Lipinski definition) is 4. The summed E-state index contributed by atoms with van der Waals surface area (Å²) >= 11 is 0. The fraction of sp³-hybridized carbons (Fsp3) is 0.538. The number of rotatable bonds is 5. The zero-order valence-electron chi connectivity index (χ0n) is 10.6. The van der Waals surface area contributed by atoms with E-state index < -0.39 is 0 Å². The first kappa shape index (κ1) is 13.0. The normalized spacial score (nSPS) is 15.8. The molecule has 0 bridgehead atoms. The first-order valence-electron chi connectivity index (χ1n) is 6.45. The third-order valence-electron chi connectivity index (χ3n) is 3.20. The number of nitrogens with zero attached hydrogens (tertiary/aromatic N) is 2. The van der Waals surface area contributed by atoms with E-state index in [0.29, 0.717) is 18.7 Å². The zero-order valence-corrected chi connectivity index (χ0v) is 10.6. The second kappa shape index (κ2) is 6.47. The van der Waals surface area contributed by atoms with Gasteiger partial charge in [0.1, 0.15) is 0 Å². The van der Waals surface area contributed by atoms with Crippen molar-refractivity contribution < 1.29 is 4.79 Å². The highest BCUT2D eigenvalue weighted by molar-refractivity contribution is 5.94. The van der Waals surface area contributed by atoms with E-state index in [0.717, 1.165) is 25.3 Å². The molecule has 1 aliphatic rings. The SMILES string of the molecule is NCc1cc(C(=O)NCCN2CCCC2)ccn1. The average molecular weight is 248 g/mol. The van der Waals surface area contributed by atoms with E-state index in [1.807, 2.05) is 0 Å². The lowest BCUT2D eigenvalue weighted by atomic mass is 10.2. The predicted molar refractivity (Wildman–Crippen MR) is 70.1 cm³/mol. The summed E-state index contributed by atoms with van der Waals surface area (Å²) in [7, 11) is 0. The van der Waals surface area contributed by atoms with Crippen molar-refractivity contribution in [1.82, 2.24) is 15.2 Å².